The summed E-state index contributed by atoms with van der Waals surface area (Å²) in [5.74, 6) is 1.71. The molecule has 0 aromatic carbocycles. The predicted molar refractivity (Wildman–Crippen MR) is 57.6 cm³/mol. The van der Waals surface area contributed by atoms with Crippen LogP contribution in [-0.4, -0.2) is 27.2 Å². The number of aromatic nitrogens is 1. The second kappa shape index (κ2) is 3.17. The van der Waals surface area contributed by atoms with Crippen molar-refractivity contribution in [1.29, 1.82) is 0 Å². The molecule has 0 saturated carbocycles. The lowest BCUT2D eigenvalue weighted by Gasteiger charge is -2.28. The summed E-state index contributed by atoms with van der Waals surface area (Å²) >= 11 is 0. The van der Waals surface area contributed by atoms with Gasteiger partial charge >= 0.3 is 0 Å². The van der Waals surface area contributed by atoms with Gasteiger partial charge in [0.1, 0.15) is 5.54 Å². The van der Waals surface area contributed by atoms with E-state index >= 15 is 0 Å². The van der Waals surface area contributed by atoms with Crippen molar-refractivity contribution >= 4 is 11.8 Å². The lowest BCUT2D eigenvalue weighted by atomic mass is 10.0. The summed E-state index contributed by atoms with van der Waals surface area (Å²) in [5, 5.41) is 0. The lowest BCUT2D eigenvalue weighted by molar-refractivity contribution is 0.0552. The van der Waals surface area contributed by atoms with Gasteiger partial charge in [-0.1, -0.05) is 5.92 Å². The van der Waals surface area contributed by atoms with Gasteiger partial charge in [0.2, 0.25) is 0 Å². The molecular formula is C12H10N2O2. The number of hydrogen-bond acceptors (Lipinski definition) is 3. The van der Waals surface area contributed by atoms with Gasteiger partial charge in [0.25, 0.3) is 11.8 Å². The fourth-order valence-corrected chi connectivity index (χ4v) is 1.66. The molecule has 4 heteroatoms. The number of pyridine rings is 1. The highest BCUT2D eigenvalue weighted by atomic mass is 16.2. The maximum Gasteiger partial charge on any atom is 0.264 e. The Bertz CT molecular complexity index is 491. The average molecular weight is 214 g/mol. The number of terminal acetylenes is 1. The summed E-state index contributed by atoms with van der Waals surface area (Å²) < 4.78 is 0. The van der Waals surface area contributed by atoms with Crippen LogP contribution in [0.3, 0.4) is 0 Å². The molecule has 0 bridgehead atoms. The van der Waals surface area contributed by atoms with E-state index in [1.54, 1.807) is 13.8 Å². The molecule has 2 rings (SSSR count). The minimum absolute atomic E-state index is 0.316. The van der Waals surface area contributed by atoms with E-state index in [0.29, 0.717) is 11.1 Å². The summed E-state index contributed by atoms with van der Waals surface area (Å²) in [6.07, 6.45) is 8.21. The van der Waals surface area contributed by atoms with E-state index in [-0.39, 0.29) is 11.8 Å². The van der Waals surface area contributed by atoms with Crippen molar-refractivity contribution < 1.29 is 9.59 Å². The predicted octanol–water partition coefficient (Wildman–Crippen LogP) is 1.09. The quantitative estimate of drug-likeness (QED) is 0.519. The van der Waals surface area contributed by atoms with Gasteiger partial charge in [-0.2, -0.15) is 0 Å². The molecule has 16 heavy (non-hydrogen) atoms. The van der Waals surface area contributed by atoms with Gasteiger partial charge in [-0.25, -0.2) is 0 Å². The minimum atomic E-state index is -0.923. The van der Waals surface area contributed by atoms with Crippen LogP contribution in [0.15, 0.2) is 18.5 Å². The highest BCUT2D eigenvalue weighted by molar-refractivity contribution is 6.21. The van der Waals surface area contributed by atoms with Gasteiger partial charge in [-0.3, -0.25) is 19.5 Å². The van der Waals surface area contributed by atoms with Crippen LogP contribution in [0.5, 0.6) is 0 Å². The Morgan fingerprint density at radius 2 is 1.94 bits per heavy atom. The van der Waals surface area contributed by atoms with Gasteiger partial charge in [0, 0.05) is 12.4 Å². The molecule has 4 nitrogen and oxygen atoms in total. The van der Waals surface area contributed by atoms with E-state index < -0.39 is 5.54 Å². The third-order valence-electron chi connectivity index (χ3n) is 2.60. The molecule has 1 aromatic heterocycles. The number of rotatable bonds is 1. The molecule has 0 saturated heterocycles. The SMILES string of the molecule is C#CC(C)(C)N1C(=O)c2ccncc2C1=O. The topological polar surface area (TPSA) is 50.3 Å². The highest BCUT2D eigenvalue weighted by Gasteiger charge is 2.43. The smallest absolute Gasteiger partial charge is 0.264 e. The molecule has 0 N–H and O–H groups in total. The van der Waals surface area contributed by atoms with Gasteiger partial charge in [0.15, 0.2) is 0 Å². The maximum atomic E-state index is 12.0. The van der Waals surface area contributed by atoms with Crippen LogP contribution < -0.4 is 0 Å². The van der Waals surface area contributed by atoms with Crippen molar-refractivity contribution in [2.24, 2.45) is 0 Å². The Balaban J connectivity index is 2.56. The van der Waals surface area contributed by atoms with E-state index in [4.69, 9.17) is 6.42 Å². The van der Waals surface area contributed by atoms with E-state index in [9.17, 15) is 9.59 Å². The molecule has 0 aliphatic carbocycles. The molecule has 0 unspecified atom stereocenters. The van der Waals surface area contributed by atoms with Crippen molar-refractivity contribution in [3.05, 3.63) is 29.6 Å². The fraction of sp³-hybridized carbons (Fsp3) is 0.250. The Morgan fingerprint density at radius 3 is 2.50 bits per heavy atom. The molecule has 2 amide bonds. The number of carbonyl (C=O) groups is 2. The molecule has 1 aliphatic heterocycles. The maximum absolute atomic E-state index is 12.0. The zero-order valence-corrected chi connectivity index (χ0v) is 9.02. The van der Waals surface area contributed by atoms with Crippen LogP contribution in [-0.2, 0) is 0 Å². The second-order valence-electron chi connectivity index (χ2n) is 4.07. The Kier molecular flexibility index (Phi) is 2.06. The average Bonchev–Trinajstić information content (AvgIpc) is 2.53. The standard InChI is InChI=1S/C12H10N2O2/c1-4-12(2,3)14-10(15)8-5-6-13-7-9(8)11(14)16/h1,5-7H,2-3H3. The monoisotopic (exact) mass is 214 g/mol. The first kappa shape index (κ1) is 10.4. The van der Waals surface area contributed by atoms with Crippen LogP contribution >= 0.6 is 0 Å². The number of fused-ring (bicyclic) bond motifs is 1. The fourth-order valence-electron chi connectivity index (χ4n) is 1.66. The Labute approximate surface area is 93.3 Å². The molecule has 2 heterocycles. The van der Waals surface area contributed by atoms with Crippen LogP contribution in [0, 0.1) is 12.3 Å². The van der Waals surface area contributed by atoms with Gasteiger partial charge in [-0.15, -0.1) is 6.42 Å². The summed E-state index contributed by atoms with van der Waals surface area (Å²) in [4.78, 5) is 28.9. The first-order valence-corrected chi connectivity index (χ1v) is 4.79. The highest BCUT2D eigenvalue weighted by Crippen LogP contribution is 2.28. The summed E-state index contributed by atoms with van der Waals surface area (Å²) in [6, 6.07) is 1.53. The number of hydrogen-bond donors (Lipinski definition) is 0. The van der Waals surface area contributed by atoms with Crippen molar-refractivity contribution in [3.8, 4) is 12.3 Å². The van der Waals surface area contributed by atoms with Crippen LogP contribution in [0.25, 0.3) is 0 Å². The Morgan fingerprint density at radius 1 is 1.31 bits per heavy atom. The number of nitrogens with zero attached hydrogens (tertiary/aromatic N) is 2. The van der Waals surface area contributed by atoms with Crippen LogP contribution in [0.1, 0.15) is 34.6 Å². The summed E-state index contributed by atoms with van der Waals surface area (Å²) in [5.41, 5.74) is -0.244. The number of imide groups is 1. The minimum Gasteiger partial charge on any atom is -0.269 e. The lowest BCUT2D eigenvalue weighted by Crippen LogP contribution is -2.46. The van der Waals surface area contributed by atoms with E-state index in [1.165, 1.54) is 18.5 Å². The molecule has 0 spiro atoms. The van der Waals surface area contributed by atoms with Crippen molar-refractivity contribution in [2.75, 3.05) is 0 Å². The van der Waals surface area contributed by atoms with Gasteiger partial charge < -0.3 is 0 Å². The molecule has 1 aromatic rings. The van der Waals surface area contributed by atoms with E-state index in [1.807, 2.05) is 0 Å². The molecular weight excluding hydrogens is 204 g/mol. The van der Waals surface area contributed by atoms with Crippen molar-refractivity contribution in [2.45, 2.75) is 19.4 Å². The van der Waals surface area contributed by atoms with E-state index in [2.05, 4.69) is 10.9 Å². The van der Waals surface area contributed by atoms with Crippen LogP contribution in [0.4, 0.5) is 0 Å². The summed E-state index contributed by atoms with van der Waals surface area (Å²) in [7, 11) is 0. The number of amides is 2. The normalized spacial score (nSPS) is 14.9. The molecule has 0 radical (unpaired) electrons. The van der Waals surface area contributed by atoms with E-state index in [0.717, 1.165) is 4.90 Å². The first-order valence-electron chi connectivity index (χ1n) is 4.79. The van der Waals surface area contributed by atoms with Crippen LogP contribution in [0.2, 0.25) is 0 Å². The van der Waals surface area contributed by atoms with Gasteiger partial charge in [-0.05, 0) is 19.9 Å². The zero-order chi connectivity index (χ0) is 11.9. The summed E-state index contributed by atoms with van der Waals surface area (Å²) in [6.45, 7) is 3.31. The van der Waals surface area contributed by atoms with Gasteiger partial charge in [0.05, 0.1) is 11.1 Å². The molecule has 80 valence electrons. The largest absolute Gasteiger partial charge is 0.269 e. The molecule has 0 fully saturated rings. The first-order chi connectivity index (χ1) is 7.49. The zero-order valence-electron chi connectivity index (χ0n) is 9.02. The second-order valence-corrected chi connectivity index (χ2v) is 4.07. The van der Waals surface area contributed by atoms with Crippen molar-refractivity contribution in [1.82, 2.24) is 9.88 Å². The molecule has 0 atom stereocenters. The van der Waals surface area contributed by atoms with Crippen molar-refractivity contribution in [3.63, 3.8) is 0 Å². The Hall–Kier alpha value is -2.15. The number of carbonyl (C=O) groups excluding carboxylic acids is 2. The third-order valence-corrected chi connectivity index (χ3v) is 2.60. The third kappa shape index (κ3) is 1.22. The molecule has 1 aliphatic rings.